The van der Waals surface area contributed by atoms with Gasteiger partial charge in [0.2, 0.25) is 5.78 Å². The Kier molecular flexibility index (Phi) is 1.70. The van der Waals surface area contributed by atoms with Gasteiger partial charge in [0.15, 0.2) is 0 Å². The highest BCUT2D eigenvalue weighted by Crippen LogP contribution is 1.96. The van der Waals surface area contributed by atoms with Crippen LogP contribution in [0.25, 0.3) is 12.7 Å². The Labute approximate surface area is 74.8 Å². The molecule has 2 rings (SSSR count). The zero-order valence-electron chi connectivity index (χ0n) is 6.95. The van der Waals surface area contributed by atoms with Crippen LogP contribution < -0.4 is 10.7 Å². The molecule has 13 heavy (non-hydrogen) atoms. The lowest BCUT2D eigenvalue weighted by atomic mass is 10.2. The van der Waals surface area contributed by atoms with Crippen LogP contribution >= 0.6 is 0 Å². The summed E-state index contributed by atoms with van der Waals surface area (Å²) in [7, 11) is 0. The molecular formula is C10H8N2O. The summed E-state index contributed by atoms with van der Waals surface area (Å²) >= 11 is 0. The maximum absolute atomic E-state index is 11.1. The SMILES string of the molecule is C=c1cc/c(=C/C2=NC=CC2=O)[nH]1. The van der Waals surface area contributed by atoms with Gasteiger partial charge < -0.3 is 4.98 Å². The van der Waals surface area contributed by atoms with Crippen molar-refractivity contribution in [2.75, 3.05) is 0 Å². The van der Waals surface area contributed by atoms with E-state index in [9.17, 15) is 4.79 Å². The fourth-order valence-electron chi connectivity index (χ4n) is 1.13. The van der Waals surface area contributed by atoms with Crippen LogP contribution in [0.15, 0.2) is 29.4 Å². The number of aromatic amines is 1. The maximum atomic E-state index is 11.1. The highest BCUT2D eigenvalue weighted by molar-refractivity contribution is 6.55. The highest BCUT2D eigenvalue weighted by Gasteiger charge is 2.07. The third-order valence-corrected chi connectivity index (χ3v) is 1.75. The predicted molar refractivity (Wildman–Crippen MR) is 51.6 cm³/mol. The molecule has 0 aromatic carbocycles. The van der Waals surface area contributed by atoms with E-state index in [1.807, 2.05) is 12.1 Å². The fourth-order valence-corrected chi connectivity index (χ4v) is 1.13. The second-order valence-corrected chi connectivity index (χ2v) is 2.78. The Hall–Kier alpha value is -1.90. The number of H-pyrrole nitrogens is 1. The van der Waals surface area contributed by atoms with E-state index < -0.39 is 0 Å². The molecule has 0 bridgehead atoms. The lowest BCUT2D eigenvalue weighted by molar-refractivity contribution is -0.108. The molecule has 0 saturated heterocycles. The minimum atomic E-state index is -0.0554. The van der Waals surface area contributed by atoms with Crippen LogP contribution in [0.3, 0.4) is 0 Å². The summed E-state index contributed by atoms with van der Waals surface area (Å²) in [6, 6.07) is 3.70. The molecule has 0 spiro atoms. The van der Waals surface area contributed by atoms with Crippen LogP contribution in [0.5, 0.6) is 0 Å². The second kappa shape index (κ2) is 2.86. The molecule has 1 aromatic rings. The Morgan fingerprint density at radius 3 is 2.85 bits per heavy atom. The van der Waals surface area contributed by atoms with Crippen molar-refractivity contribution in [1.82, 2.24) is 4.98 Å². The zero-order chi connectivity index (χ0) is 9.26. The van der Waals surface area contributed by atoms with Crippen molar-refractivity contribution in [3.05, 3.63) is 35.1 Å². The van der Waals surface area contributed by atoms with Gasteiger partial charge in [0, 0.05) is 23.0 Å². The number of carbonyl (C=O) groups is 1. The quantitative estimate of drug-likeness (QED) is 0.623. The molecule has 0 unspecified atom stereocenters. The van der Waals surface area contributed by atoms with Crippen LogP contribution in [0.1, 0.15) is 0 Å². The van der Waals surface area contributed by atoms with Gasteiger partial charge in [-0.25, -0.2) is 0 Å². The second-order valence-electron chi connectivity index (χ2n) is 2.78. The van der Waals surface area contributed by atoms with Gasteiger partial charge in [-0.2, -0.15) is 0 Å². The normalized spacial score (nSPS) is 16.8. The number of hydrogen-bond acceptors (Lipinski definition) is 2. The van der Waals surface area contributed by atoms with Gasteiger partial charge in [0.1, 0.15) is 5.71 Å². The Bertz CT molecular complexity index is 505. The molecule has 1 aliphatic rings. The van der Waals surface area contributed by atoms with Crippen molar-refractivity contribution in [2.24, 2.45) is 4.99 Å². The molecule has 3 heteroatoms. The third kappa shape index (κ3) is 1.49. The summed E-state index contributed by atoms with van der Waals surface area (Å²) < 4.78 is 0. The van der Waals surface area contributed by atoms with Gasteiger partial charge in [0.05, 0.1) is 0 Å². The van der Waals surface area contributed by atoms with Gasteiger partial charge >= 0.3 is 0 Å². The van der Waals surface area contributed by atoms with E-state index in [1.54, 1.807) is 6.08 Å². The Morgan fingerprint density at radius 2 is 2.31 bits per heavy atom. The van der Waals surface area contributed by atoms with Crippen molar-refractivity contribution in [2.45, 2.75) is 0 Å². The lowest BCUT2D eigenvalue weighted by Gasteiger charge is -1.84. The number of hydrogen-bond donors (Lipinski definition) is 1. The first-order valence-electron chi connectivity index (χ1n) is 3.90. The molecule has 0 radical (unpaired) electrons. The summed E-state index contributed by atoms with van der Waals surface area (Å²) in [6.07, 6.45) is 4.65. The monoisotopic (exact) mass is 172 g/mol. The third-order valence-electron chi connectivity index (χ3n) is 1.75. The average molecular weight is 172 g/mol. The van der Waals surface area contributed by atoms with Crippen molar-refractivity contribution in [3.8, 4) is 0 Å². The van der Waals surface area contributed by atoms with Crippen LogP contribution in [0.2, 0.25) is 0 Å². The van der Waals surface area contributed by atoms with Crippen molar-refractivity contribution in [1.29, 1.82) is 0 Å². The van der Waals surface area contributed by atoms with Crippen LogP contribution in [0.4, 0.5) is 0 Å². The molecule has 0 saturated carbocycles. The summed E-state index contributed by atoms with van der Waals surface area (Å²) in [5.74, 6) is -0.0554. The molecule has 1 aromatic heterocycles. The first kappa shape index (κ1) is 7.73. The van der Waals surface area contributed by atoms with Crippen molar-refractivity contribution < 1.29 is 4.79 Å². The smallest absolute Gasteiger partial charge is 0.205 e. The number of nitrogens with zero attached hydrogens (tertiary/aromatic N) is 1. The summed E-state index contributed by atoms with van der Waals surface area (Å²) in [4.78, 5) is 18.0. The standard InChI is InChI=1S/C10H8N2O/c1-7-2-3-8(12-7)6-9-10(13)4-5-11-9/h2-6,12H,1H2/b8-6-. The molecule has 0 aliphatic carbocycles. The molecule has 64 valence electrons. The summed E-state index contributed by atoms with van der Waals surface area (Å²) in [5, 5.41) is 1.67. The molecule has 3 nitrogen and oxygen atoms in total. The first-order chi connectivity index (χ1) is 6.25. The minimum absolute atomic E-state index is 0.0554. The molecule has 0 amide bonds. The van der Waals surface area contributed by atoms with E-state index in [-0.39, 0.29) is 5.78 Å². The molecular weight excluding hydrogens is 164 g/mol. The maximum Gasteiger partial charge on any atom is 0.205 e. The first-order valence-corrected chi connectivity index (χ1v) is 3.90. The summed E-state index contributed by atoms with van der Waals surface area (Å²) in [6.45, 7) is 3.72. The molecule has 0 fully saturated rings. The van der Waals surface area contributed by atoms with Crippen LogP contribution in [-0.2, 0) is 4.79 Å². The zero-order valence-corrected chi connectivity index (χ0v) is 6.95. The van der Waals surface area contributed by atoms with E-state index >= 15 is 0 Å². The van der Waals surface area contributed by atoms with Gasteiger partial charge in [0.25, 0.3) is 0 Å². The topological polar surface area (TPSA) is 45.2 Å². The number of aliphatic imine (C=N–C) groups is 1. The van der Waals surface area contributed by atoms with Gasteiger partial charge in [-0.1, -0.05) is 6.58 Å². The van der Waals surface area contributed by atoms with Gasteiger partial charge in [-0.05, 0) is 18.2 Å². The van der Waals surface area contributed by atoms with Crippen molar-refractivity contribution >= 4 is 24.1 Å². The lowest BCUT2D eigenvalue weighted by Crippen LogP contribution is -2.13. The predicted octanol–water partition coefficient (Wildman–Crippen LogP) is -0.257. The van der Waals surface area contributed by atoms with Crippen LogP contribution in [-0.4, -0.2) is 16.5 Å². The largest absolute Gasteiger partial charge is 0.356 e. The van der Waals surface area contributed by atoms with E-state index in [4.69, 9.17) is 0 Å². The molecule has 1 N–H and O–H groups in total. The van der Waals surface area contributed by atoms with E-state index in [2.05, 4.69) is 16.6 Å². The number of carbonyl (C=O) groups excluding carboxylic acids is 1. The van der Waals surface area contributed by atoms with E-state index in [1.165, 1.54) is 12.3 Å². The van der Waals surface area contributed by atoms with E-state index in [0.29, 0.717) is 5.71 Å². The fraction of sp³-hybridized carbons (Fsp3) is 0. The molecule has 1 aliphatic heterocycles. The Morgan fingerprint density at radius 1 is 1.46 bits per heavy atom. The van der Waals surface area contributed by atoms with Crippen molar-refractivity contribution in [3.63, 3.8) is 0 Å². The number of rotatable bonds is 1. The average Bonchev–Trinajstić information content (AvgIpc) is 2.64. The molecule has 0 atom stereocenters. The number of allylic oxidation sites excluding steroid dienone is 1. The minimum Gasteiger partial charge on any atom is -0.356 e. The Balaban J connectivity index is 2.42. The highest BCUT2D eigenvalue weighted by atomic mass is 16.1. The van der Waals surface area contributed by atoms with Gasteiger partial charge in [-0.3, -0.25) is 9.79 Å². The number of aromatic nitrogens is 1. The van der Waals surface area contributed by atoms with Gasteiger partial charge in [-0.15, -0.1) is 0 Å². The summed E-state index contributed by atoms with van der Waals surface area (Å²) in [5.41, 5.74) is 0.460. The number of nitrogens with one attached hydrogen (secondary N) is 1. The number of ketones is 1. The van der Waals surface area contributed by atoms with E-state index in [0.717, 1.165) is 10.7 Å². The van der Waals surface area contributed by atoms with Crippen LogP contribution in [0, 0.1) is 0 Å². The molecule has 2 heterocycles.